The van der Waals surface area contributed by atoms with Gasteiger partial charge in [-0.1, -0.05) is 60.7 Å². The number of hydrogen-bond donors (Lipinski definition) is 1. The van der Waals surface area contributed by atoms with Gasteiger partial charge in [-0.15, -0.1) is 0 Å². The Bertz CT molecular complexity index is 770. The molecular weight excluding hydrogens is 310 g/mol. The minimum Gasteiger partial charge on any atom is -0.490 e. The SMILES string of the molecule is NCCc1ccccc1OCCOc1ccc(-c2ccccc2)cc1. The van der Waals surface area contributed by atoms with Crippen LogP contribution >= 0.6 is 0 Å². The van der Waals surface area contributed by atoms with E-state index in [0.29, 0.717) is 19.8 Å². The fourth-order valence-electron chi connectivity index (χ4n) is 2.69. The van der Waals surface area contributed by atoms with E-state index in [9.17, 15) is 0 Å². The van der Waals surface area contributed by atoms with Crippen molar-refractivity contribution in [2.75, 3.05) is 19.8 Å². The second kappa shape index (κ2) is 8.90. The minimum absolute atomic E-state index is 0.502. The summed E-state index contributed by atoms with van der Waals surface area (Å²) in [7, 11) is 0. The smallest absolute Gasteiger partial charge is 0.122 e. The van der Waals surface area contributed by atoms with E-state index in [1.807, 2.05) is 54.6 Å². The summed E-state index contributed by atoms with van der Waals surface area (Å²) >= 11 is 0. The first-order valence-electron chi connectivity index (χ1n) is 8.56. The second-order valence-corrected chi connectivity index (χ2v) is 5.73. The van der Waals surface area contributed by atoms with Gasteiger partial charge in [-0.2, -0.15) is 0 Å². The van der Waals surface area contributed by atoms with E-state index in [1.165, 1.54) is 11.1 Å². The van der Waals surface area contributed by atoms with E-state index < -0.39 is 0 Å². The Morgan fingerprint density at radius 2 is 1.28 bits per heavy atom. The van der Waals surface area contributed by atoms with Gasteiger partial charge >= 0.3 is 0 Å². The van der Waals surface area contributed by atoms with E-state index in [4.69, 9.17) is 15.2 Å². The monoisotopic (exact) mass is 333 g/mol. The van der Waals surface area contributed by atoms with Crippen LogP contribution in [-0.2, 0) is 6.42 Å². The Hall–Kier alpha value is -2.78. The first kappa shape index (κ1) is 17.1. The molecule has 0 aliphatic carbocycles. The van der Waals surface area contributed by atoms with Crippen LogP contribution in [0.2, 0.25) is 0 Å². The molecule has 0 bridgehead atoms. The molecule has 0 unspecified atom stereocenters. The standard InChI is InChI=1S/C22H23NO2/c23-15-14-20-8-4-5-9-22(20)25-17-16-24-21-12-10-19(11-13-21)18-6-2-1-3-7-18/h1-13H,14-17,23H2. The van der Waals surface area contributed by atoms with E-state index in [1.54, 1.807) is 0 Å². The Morgan fingerprint density at radius 3 is 2.04 bits per heavy atom. The highest BCUT2D eigenvalue weighted by molar-refractivity contribution is 5.63. The quantitative estimate of drug-likeness (QED) is 0.625. The Labute approximate surface area is 149 Å². The zero-order valence-corrected chi connectivity index (χ0v) is 14.2. The van der Waals surface area contributed by atoms with Crippen LogP contribution in [0, 0.1) is 0 Å². The molecule has 3 aromatic carbocycles. The highest BCUT2D eigenvalue weighted by Gasteiger charge is 2.02. The molecule has 0 spiro atoms. The maximum Gasteiger partial charge on any atom is 0.122 e. The van der Waals surface area contributed by atoms with Crippen LogP contribution in [0.4, 0.5) is 0 Å². The summed E-state index contributed by atoms with van der Waals surface area (Å²) in [6.45, 7) is 1.62. The zero-order valence-electron chi connectivity index (χ0n) is 14.2. The molecule has 3 aromatic rings. The molecule has 25 heavy (non-hydrogen) atoms. The van der Waals surface area contributed by atoms with Gasteiger partial charge in [0.2, 0.25) is 0 Å². The van der Waals surface area contributed by atoms with Crippen molar-refractivity contribution in [3.63, 3.8) is 0 Å². The van der Waals surface area contributed by atoms with Crippen LogP contribution in [-0.4, -0.2) is 19.8 Å². The summed E-state index contributed by atoms with van der Waals surface area (Å²) in [5.41, 5.74) is 9.15. The average Bonchev–Trinajstić information content (AvgIpc) is 2.68. The number of ether oxygens (including phenoxy) is 2. The summed E-state index contributed by atoms with van der Waals surface area (Å²) in [4.78, 5) is 0. The Kier molecular flexibility index (Phi) is 6.07. The molecule has 0 fully saturated rings. The summed E-state index contributed by atoms with van der Waals surface area (Å²) in [5, 5.41) is 0. The van der Waals surface area contributed by atoms with Crippen molar-refractivity contribution in [1.29, 1.82) is 0 Å². The number of nitrogens with two attached hydrogens (primary N) is 1. The Balaban J connectivity index is 1.50. The lowest BCUT2D eigenvalue weighted by molar-refractivity contribution is 0.216. The molecule has 0 heterocycles. The van der Waals surface area contributed by atoms with Crippen molar-refractivity contribution < 1.29 is 9.47 Å². The fraction of sp³-hybridized carbons (Fsp3) is 0.182. The van der Waals surface area contributed by atoms with Gasteiger partial charge in [-0.3, -0.25) is 0 Å². The maximum absolute atomic E-state index is 5.82. The van der Waals surface area contributed by atoms with Gasteiger partial charge in [0.1, 0.15) is 24.7 Å². The molecule has 0 radical (unpaired) electrons. The van der Waals surface area contributed by atoms with Crippen LogP contribution in [0.5, 0.6) is 11.5 Å². The first-order valence-corrected chi connectivity index (χ1v) is 8.56. The molecule has 0 aliphatic heterocycles. The molecule has 128 valence electrons. The van der Waals surface area contributed by atoms with Gasteiger partial charge in [0, 0.05) is 0 Å². The normalized spacial score (nSPS) is 10.4. The molecule has 0 aromatic heterocycles. The lowest BCUT2D eigenvalue weighted by atomic mass is 10.1. The molecule has 0 atom stereocenters. The van der Waals surface area contributed by atoms with Crippen LogP contribution < -0.4 is 15.2 Å². The molecule has 0 aliphatic rings. The van der Waals surface area contributed by atoms with E-state index in [2.05, 4.69) is 24.3 Å². The molecule has 0 saturated heterocycles. The summed E-state index contributed by atoms with van der Waals surface area (Å²) in [6.07, 6.45) is 0.817. The molecule has 0 saturated carbocycles. The molecule has 3 heteroatoms. The second-order valence-electron chi connectivity index (χ2n) is 5.73. The van der Waals surface area contributed by atoms with Gasteiger partial charge < -0.3 is 15.2 Å². The highest BCUT2D eigenvalue weighted by Crippen LogP contribution is 2.22. The molecule has 0 amide bonds. The Morgan fingerprint density at radius 1 is 0.640 bits per heavy atom. The first-order chi connectivity index (χ1) is 12.4. The largest absolute Gasteiger partial charge is 0.490 e. The zero-order chi connectivity index (χ0) is 17.3. The van der Waals surface area contributed by atoms with Crippen LogP contribution in [0.1, 0.15) is 5.56 Å². The third-order valence-electron chi connectivity index (χ3n) is 3.96. The van der Waals surface area contributed by atoms with Crippen molar-refractivity contribution in [2.24, 2.45) is 5.73 Å². The number of para-hydroxylation sites is 1. The van der Waals surface area contributed by atoms with Gasteiger partial charge in [-0.25, -0.2) is 0 Å². The summed E-state index contributed by atoms with van der Waals surface area (Å²) in [5.74, 6) is 1.73. The fourth-order valence-corrected chi connectivity index (χ4v) is 2.69. The number of rotatable bonds is 8. The van der Waals surface area contributed by atoms with Gasteiger partial charge in [0.15, 0.2) is 0 Å². The summed E-state index contributed by atoms with van der Waals surface area (Å²) in [6, 6.07) is 26.4. The molecule has 2 N–H and O–H groups in total. The van der Waals surface area contributed by atoms with Crippen LogP contribution in [0.25, 0.3) is 11.1 Å². The van der Waals surface area contributed by atoms with Gasteiger partial charge in [0.25, 0.3) is 0 Å². The van der Waals surface area contributed by atoms with Crippen molar-refractivity contribution in [3.05, 3.63) is 84.4 Å². The molecular formula is C22H23NO2. The van der Waals surface area contributed by atoms with Crippen molar-refractivity contribution in [3.8, 4) is 22.6 Å². The molecule has 3 nitrogen and oxygen atoms in total. The lowest BCUT2D eigenvalue weighted by Gasteiger charge is -2.12. The van der Waals surface area contributed by atoms with E-state index in [-0.39, 0.29) is 0 Å². The number of hydrogen-bond acceptors (Lipinski definition) is 3. The third-order valence-corrected chi connectivity index (χ3v) is 3.96. The topological polar surface area (TPSA) is 44.5 Å². The van der Waals surface area contributed by atoms with Crippen molar-refractivity contribution in [1.82, 2.24) is 0 Å². The van der Waals surface area contributed by atoms with Crippen molar-refractivity contribution >= 4 is 0 Å². The van der Waals surface area contributed by atoms with Gasteiger partial charge in [0.05, 0.1) is 0 Å². The maximum atomic E-state index is 5.82. The average molecular weight is 333 g/mol. The summed E-state index contributed by atoms with van der Waals surface area (Å²) < 4.78 is 11.6. The predicted octanol–water partition coefficient (Wildman–Crippen LogP) is 4.31. The van der Waals surface area contributed by atoms with Crippen molar-refractivity contribution in [2.45, 2.75) is 6.42 Å². The van der Waals surface area contributed by atoms with Gasteiger partial charge in [-0.05, 0) is 47.9 Å². The molecule has 3 rings (SSSR count). The number of benzene rings is 3. The van der Waals surface area contributed by atoms with E-state index in [0.717, 1.165) is 23.5 Å². The van der Waals surface area contributed by atoms with Crippen LogP contribution in [0.3, 0.4) is 0 Å². The highest BCUT2D eigenvalue weighted by atomic mass is 16.5. The minimum atomic E-state index is 0.502. The van der Waals surface area contributed by atoms with E-state index >= 15 is 0 Å². The lowest BCUT2D eigenvalue weighted by Crippen LogP contribution is -2.11. The van der Waals surface area contributed by atoms with Crippen LogP contribution in [0.15, 0.2) is 78.9 Å². The predicted molar refractivity (Wildman–Crippen MR) is 102 cm³/mol. The third kappa shape index (κ3) is 4.85.